The predicted molar refractivity (Wildman–Crippen MR) is 141 cm³/mol. The van der Waals surface area contributed by atoms with Gasteiger partial charge in [0.1, 0.15) is 11.5 Å². The Morgan fingerprint density at radius 1 is 0.829 bits per heavy atom. The van der Waals surface area contributed by atoms with Crippen LogP contribution in [-0.4, -0.2) is 23.3 Å². The van der Waals surface area contributed by atoms with Crippen LogP contribution in [0, 0.1) is 0 Å². The molecule has 1 N–H and O–H groups in total. The Kier molecular flexibility index (Phi) is 6.70. The molecule has 1 aliphatic heterocycles. The molecule has 2 amide bonds. The van der Waals surface area contributed by atoms with Gasteiger partial charge >= 0.3 is 6.03 Å². The molecule has 0 saturated heterocycles. The summed E-state index contributed by atoms with van der Waals surface area (Å²) in [4.78, 5) is 13.1. The van der Waals surface area contributed by atoms with Crippen molar-refractivity contribution in [3.63, 3.8) is 0 Å². The third kappa shape index (κ3) is 5.48. The van der Waals surface area contributed by atoms with Gasteiger partial charge in [-0.3, -0.25) is 0 Å². The first-order valence-electron chi connectivity index (χ1n) is 11.1. The van der Waals surface area contributed by atoms with Gasteiger partial charge in [0.25, 0.3) is 0 Å². The first-order valence-corrected chi connectivity index (χ1v) is 11.8. The van der Waals surface area contributed by atoms with E-state index in [1.54, 1.807) is 36.4 Å². The van der Waals surface area contributed by atoms with Crippen LogP contribution in [0.25, 0.3) is 0 Å². The van der Waals surface area contributed by atoms with Crippen LogP contribution in [0.1, 0.15) is 17.0 Å². The highest BCUT2D eigenvalue weighted by Crippen LogP contribution is 2.30. The molecule has 7 heteroatoms. The van der Waals surface area contributed by atoms with Gasteiger partial charge in [0.05, 0.1) is 12.3 Å². The van der Waals surface area contributed by atoms with E-state index in [1.165, 1.54) is 5.01 Å². The molecule has 1 atom stereocenters. The van der Waals surface area contributed by atoms with Gasteiger partial charge in [-0.15, -0.1) is 0 Å². The number of anilines is 1. The van der Waals surface area contributed by atoms with Gasteiger partial charge in [-0.1, -0.05) is 71.7 Å². The van der Waals surface area contributed by atoms with Gasteiger partial charge < -0.3 is 10.1 Å². The van der Waals surface area contributed by atoms with E-state index in [1.807, 2.05) is 54.6 Å². The lowest BCUT2D eigenvalue weighted by atomic mass is 9.91. The summed E-state index contributed by atoms with van der Waals surface area (Å²) in [5.74, 6) is 1.23. The highest BCUT2D eigenvalue weighted by atomic mass is 35.5. The predicted octanol–water partition coefficient (Wildman–Crippen LogP) is 7.82. The van der Waals surface area contributed by atoms with Crippen molar-refractivity contribution in [2.45, 2.75) is 5.92 Å². The minimum atomic E-state index is -0.307. The zero-order chi connectivity index (χ0) is 24.2. The number of nitrogens with zero attached hydrogens (tertiary/aromatic N) is 2. The molecule has 0 saturated carbocycles. The highest BCUT2D eigenvalue weighted by molar-refractivity contribution is 6.31. The summed E-state index contributed by atoms with van der Waals surface area (Å²) in [6.07, 6.45) is 0. The number of amides is 2. The van der Waals surface area contributed by atoms with Gasteiger partial charge in [0, 0.05) is 21.7 Å². The second-order valence-corrected chi connectivity index (χ2v) is 8.92. The molecule has 5 rings (SSSR count). The van der Waals surface area contributed by atoms with Gasteiger partial charge in [-0.05, 0) is 65.7 Å². The lowest BCUT2D eigenvalue weighted by Gasteiger charge is -2.16. The third-order valence-corrected chi connectivity index (χ3v) is 6.11. The molecule has 5 nitrogen and oxygen atoms in total. The normalized spacial score (nSPS) is 15.0. The van der Waals surface area contributed by atoms with Crippen LogP contribution in [0.2, 0.25) is 10.0 Å². The Morgan fingerprint density at radius 2 is 1.57 bits per heavy atom. The second kappa shape index (κ2) is 10.2. The van der Waals surface area contributed by atoms with E-state index in [0.29, 0.717) is 33.8 Å². The maximum absolute atomic E-state index is 13.1. The lowest BCUT2D eigenvalue weighted by molar-refractivity contribution is 0.218. The van der Waals surface area contributed by atoms with Crippen molar-refractivity contribution in [1.82, 2.24) is 5.01 Å². The number of carbonyl (C=O) groups is 1. The SMILES string of the molecule is O=C(Nc1ccc(Oc2cccc(Cl)c2)cc1)N1CC(c2ccccc2)C(c2ccc(Cl)cc2)=N1. The minimum Gasteiger partial charge on any atom is -0.457 e. The van der Waals surface area contributed by atoms with Gasteiger partial charge in [0.2, 0.25) is 0 Å². The minimum absolute atomic E-state index is 0.0448. The molecule has 4 aromatic rings. The van der Waals surface area contributed by atoms with Crippen LogP contribution in [0.15, 0.2) is 108 Å². The second-order valence-electron chi connectivity index (χ2n) is 8.05. The number of halogens is 2. The fourth-order valence-electron chi connectivity index (χ4n) is 3.92. The molecule has 1 aliphatic rings. The monoisotopic (exact) mass is 501 g/mol. The van der Waals surface area contributed by atoms with Crippen LogP contribution >= 0.6 is 23.2 Å². The summed E-state index contributed by atoms with van der Waals surface area (Å²) in [5, 5.41) is 10.3. The molecule has 0 aromatic heterocycles. The Hall–Kier alpha value is -3.80. The van der Waals surface area contributed by atoms with E-state index in [2.05, 4.69) is 22.6 Å². The molecule has 174 valence electrons. The topological polar surface area (TPSA) is 53.9 Å². The number of nitrogens with one attached hydrogen (secondary N) is 1. The first-order chi connectivity index (χ1) is 17.0. The summed E-state index contributed by atoms with van der Waals surface area (Å²) < 4.78 is 5.81. The average molecular weight is 502 g/mol. The van der Waals surface area contributed by atoms with E-state index >= 15 is 0 Å². The molecule has 35 heavy (non-hydrogen) atoms. The number of ether oxygens (including phenoxy) is 1. The number of hydrazone groups is 1. The molecule has 0 aliphatic carbocycles. The standard InChI is InChI=1S/C28H21Cl2N3O2/c29-21-11-9-20(10-12-21)27-26(19-5-2-1-3-6-19)18-33(32-27)28(34)31-23-13-15-24(16-14-23)35-25-8-4-7-22(30)17-25/h1-17,26H,18H2,(H,31,34). The van der Waals surface area contributed by atoms with Crippen LogP contribution in [0.5, 0.6) is 11.5 Å². The van der Waals surface area contributed by atoms with Gasteiger partial charge in [0.15, 0.2) is 0 Å². The number of rotatable bonds is 5. The number of hydrogen-bond donors (Lipinski definition) is 1. The van der Waals surface area contributed by atoms with Crippen molar-refractivity contribution in [2.24, 2.45) is 5.10 Å². The maximum atomic E-state index is 13.1. The molecule has 0 fully saturated rings. The quantitative estimate of drug-likeness (QED) is 0.303. The molecule has 0 radical (unpaired) electrons. The van der Waals surface area contributed by atoms with Crippen molar-refractivity contribution in [3.8, 4) is 11.5 Å². The van der Waals surface area contributed by atoms with Crippen LogP contribution < -0.4 is 10.1 Å². The number of hydrogen-bond acceptors (Lipinski definition) is 3. The largest absolute Gasteiger partial charge is 0.457 e. The highest BCUT2D eigenvalue weighted by Gasteiger charge is 2.32. The summed E-state index contributed by atoms with van der Waals surface area (Å²) in [6, 6.07) is 31.6. The maximum Gasteiger partial charge on any atom is 0.342 e. The summed E-state index contributed by atoms with van der Waals surface area (Å²) in [7, 11) is 0. The zero-order valence-electron chi connectivity index (χ0n) is 18.6. The van der Waals surface area contributed by atoms with Crippen molar-refractivity contribution in [2.75, 3.05) is 11.9 Å². The molecule has 1 heterocycles. The van der Waals surface area contributed by atoms with E-state index in [-0.39, 0.29) is 11.9 Å². The summed E-state index contributed by atoms with van der Waals surface area (Å²) in [5.41, 5.74) is 3.49. The fourth-order valence-corrected chi connectivity index (χ4v) is 4.22. The lowest BCUT2D eigenvalue weighted by Crippen LogP contribution is -2.30. The van der Waals surface area contributed by atoms with Crippen molar-refractivity contribution in [1.29, 1.82) is 0 Å². The van der Waals surface area contributed by atoms with E-state index in [9.17, 15) is 4.79 Å². The molecule has 4 aromatic carbocycles. The first kappa shape index (κ1) is 23.0. The molecular formula is C28H21Cl2N3O2. The van der Waals surface area contributed by atoms with E-state index < -0.39 is 0 Å². The van der Waals surface area contributed by atoms with Crippen LogP contribution in [0.4, 0.5) is 10.5 Å². The fraction of sp³-hybridized carbons (Fsp3) is 0.0714. The zero-order valence-corrected chi connectivity index (χ0v) is 20.1. The Morgan fingerprint density at radius 3 is 2.29 bits per heavy atom. The van der Waals surface area contributed by atoms with Crippen molar-refractivity contribution < 1.29 is 9.53 Å². The van der Waals surface area contributed by atoms with Crippen LogP contribution in [-0.2, 0) is 0 Å². The summed E-state index contributed by atoms with van der Waals surface area (Å²) >= 11 is 12.1. The van der Waals surface area contributed by atoms with Crippen molar-refractivity contribution >= 4 is 40.6 Å². The molecule has 1 unspecified atom stereocenters. The number of benzene rings is 4. The Bertz CT molecular complexity index is 1360. The van der Waals surface area contributed by atoms with Crippen LogP contribution in [0.3, 0.4) is 0 Å². The van der Waals surface area contributed by atoms with Gasteiger partial charge in [-0.2, -0.15) is 5.10 Å². The number of carbonyl (C=O) groups excluding carboxylic acids is 1. The van der Waals surface area contributed by atoms with E-state index in [4.69, 9.17) is 27.9 Å². The third-order valence-electron chi connectivity index (χ3n) is 5.63. The van der Waals surface area contributed by atoms with E-state index in [0.717, 1.165) is 16.8 Å². The molecular weight excluding hydrogens is 481 g/mol. The molecule has 0 spiro atoms. The number of urea groups is 1. The summed E-state index contributed by atoms with van der Waals surface area (Å²) in [6.45, 7) is 0.434. The van der Waals surface area contributed by atoms with Crippen molar-refractivity contribution in [3.05, 3.63) is 124 Å². The Balaban J connectivity index is 1.32. The Labute approximate surface area is 213 Å². The molecule has 0 bridgehead atoms. The smallest absolute Gasteiger partial charge is 0.342 e. The van der Waals surface area contributed by atoms with Gasteiger partial charge in [-0.25, -0.2) is 9.80 Å². The average Bonchev–Trinajstić information content (AvgIpc) is 3.32.